The first-order valence-electron chi connectivity index (χ1n) is 8.31. The summed E-state index contributed by atoms with van der Waals surface area (Å²) in [7, 11) is 9.38. The maximum absolute atomic E-state index is 10.8. The van der Waals surface area contributed by atoms with E-state index < -0.39 is 12.1 Å². The number of carboxylic acids is 1. The second kappa shape index (κ2) is 10.7. The van der Waals surface area contributed by atoms with E-state index in [-0.39, 0.29) is 24.1 Å². The van der Waals surface area contributed by atoms with Gasteiger partial charge in [-0.1, -0.05) is 6.08 Å². The van der Waals surface area contributed by atoms with Crippen LogP contribution in [0.15, 0.2) is 11.6 Å². The van der Waals surface area contributed by atoms with E-state index in [0.29, 0.717) is 12.4 Å². The lowest BCUT2D eigenvalue weighted by molar-refractivity contribution is -0.333. The molecule has 0 aliphatic rings. The number of aromatic nitrogens is 3. The molecule has 0 amide bonds. The zero-order chi connectivity index (χ0) is 21.3. The number of carboxylic acid groups (broad SMARTS) is 1. The molecule has 0 spiro atoms. The molecular weight excluding hydrogens is 372 g/mol. The molecule has 158 valence electrons. The van der Waals surface area contributed by atoms with Crippen LogP contribution < -0.4 is 15.3 Å². The van der Waals surface area contributed by atoms with Crippen molar-refractivity contribution in [3.05, 3.63) is 11.6 Å². The van der Waals surface area contributed by atoms with Crippen molar-refractivity contribution in [2.24, 2.45) is 0 Å². The predicted molar refractivity (Wildman–Crippen MR) is 102 cm³/mol. The van der Waals surface area contributed by atoms with Gasteiger partial charge in [-0.2, -0.15) is 15.0 Å². The molecular formula is C16H28N6O6. The molecule has 1 aromatic rings. The number of anilines is 3. The van der Waals surface area contributed by atoms with Crippen molar-refractivity contribution in [1.82, 2.24) is 15.0 Å². The molecule has 2 N–H and O–H groups in total. The van der Waals surface area contributed by atoms with Gasteiger partial charge < -0.3 is 24.2 Å². The lowest BCUT2D eigenvalue weighted by atomic mass is 10.2. The number of carbonyl (C=O) groups is 1. The summed E-state index contributed by atoms with van der Waals surface area (Å²) in [4.78, 5) is 30.9. The maximum Gasteiger partial charge on any atom is 0.376 e. The third-order valence-electron chi connectivity index (χ3n) is 3.56. The molecule has 0 saturated carbocycles. The normalized spacial score (nSPS) is 12.0. The highest BCUT2D eigenvalue weighted by Gasteiger charge is 2.31. The third kappa shape index (κ3) is 6.56. The second-order valence-electron chi connectivity index (χ2n) is 5.76. The van der Waals surface area contributed by atoms with Gasteiger partial charge in [-0.05, 0) is 13.3 Å². The van der Waals surface area contributed by atoms with E-state index >= 15 is 0 Å². The first-order valence-corrected chi connectivity index (χ1v) is 8.31. The number of nitrogens with one attached hydrogen (secondary N) is 1. The first-order chi connectivity index (χ1) is 13.2. The Bertz CT molecular complexity index is 671. The van der Waals surface area contributed by atoms with Crippen LogP contribution >= 0.6 is 0 Å². The summed E-state index contributed by atoms with van der Waals surface area (Å²) in [5, 5.41) is 13.0. The lowest BCUT2D eigenvalue weighted by Crippen LogP contribution is -2.45. The maximum atomic E-state index is 10.8. The molecule has 1 aromatic heterocycles. The fourth-order valence-corrected chi connectivity index (χ4v) is 1.90. The number of aliphatic carboxylic acids is 1. The Labute approximate surface area is 164 Å². The number of hydrogen-bond donors (Lipinski definition) is 2. The van der Waals surface area contributed by atoms with E-state index in [1.807, 2.05) is 0 Å². The summed E-state index contributed by atoms with van der Waals surface area (Å²) in [5.74, 6) is -0.245. The van der Waals surface area contributed by atoms with Gasteiger partial charge >= 0.3 is 12.1 Å². The van der Waals surface area contributed by atoms with Crippen LogP contribution in [0.25, 0.3) is 0 Å². The summed E-state index contributed by atoms with van der Waals surface area (Å²) in [6, 6.07) is 0. The van der Waals surface area contributed by atoms with Crippen molar-refractivity contribution in [1.29, 1.82) is 0 Å². The summed E-state index contributed by atoms with van der Waals surface area (Å²) in [6.45, 7) is 1.76. The Morgan fingerprint density at radius 3 is 2.18 bits per heavy atom. The summed E-state index contributed by atoms with van der Waals surface area (Å²) in [5.41, 5.74) is 0.253. The topological polar surface area (TPSA) is 131 Å². The SMILES string of the molecule is COC(Nc1nc(N(C)C)nc(N(C)OCCC=C(C)C(=O)O)n1)(OC)OC. The van der Waals surface area contributed by atoms with Crippen LogP contribution in [0.2, 0.25) is 0 Å². The molecule has 0 aromatic carbocycles. The van der Waals surface area contributed by atoms with Crippen LogP contribution in [0.1, 0.15) is 13.3 Å². The average molecular weight is 400 g/mol. The Morgan fingerprint density at radius 2 is 1.68 bits per heavy atom. The molecule has 12 heteroatoms. The zero-order valence-corrected chi connectivity index (χ0v) is 17.2. The zero-order valence-electron chi connectivity index (χ0n) is 17.2. The molecule has 12 nitrogen and oxygen atoms in total. The van der Waals surface area contributed by atoms with Gasteiger partial charge in [0.2, 0.25) is 11.9 Å². The van der Waals surface area contributed by atoms with Gasteiger partial charge in [0.05, 0.1) is 6.61 Å². The Kier molecular flexibility index (Phi) is 8.99. The molecule has 0 radical (unpaired) electrons. The quantitative estimate of drug-likeness (QED) is 0.221. The highest BCUT2D eigenvalue weighted by atomic mass is 16.9. The van der Waals surface area contributed by atoms with E-state index in [1.165, 1.54) is 33.3 Å². The minimum absolute atomic E-state index is 0.135. The van der Waals surface area contributed by atoms with Gasteiger partial charge in [-0.25, -0.2) is 9.86 Å². The Balaban J connectivity index is 2.97. The number of methoxy groups -OCH3 is 3. The van der Waals surface area contributed by atoms with Gasteiger partial charge in [0, 0.05) is 48.0 Å². The molecule has 1 rings (SSSR count). The number of nitrogens with zero attached hydrogens (tertiary/aromatic N) is 5. The van der Waals surface area contributed by atoms with Crippen molar-refractivity contribution >= 4 is 23.8 Å². The smallest absolute Gasteiger partial charge is 0.376 e. The number of ether oxygens (including phenoxy) is 3. The van der Waals surface area contributed by atoms with Crippen molar-refractivity contribution in [3.63, 3.8) is 0 Å². The van der Waals surface area contributed by atoms with Gasteiger partial charge in [0.15, 0.2) is 0 Å². The Hall–Kier alpha value is -2.54. The van der Waals surface area contributed by atoms with Gasteiger partial charge in [0.1, 0.15) is 0 Å². The van der Waals surface area contributed by atoms with E-state index in [2.05, 4.69) is 20.3 Å². The molecule has 0 unspecified atom stereocenters. The second-order valence-corrected chi connectivity index (χ2v) is 5.76. The summed E-state index contributed by atoms with van der Waals surface area (Å²) < 4.78 is 15.6. The first kappa shape index (κ1) is 23.5. The Morgan fingerprint density at radius 1 is 1.11 bits per heavy atom. The highest BCUT2D eigenvalue weighted by Crippen LogP contribution is 2.19. The van der Waals surface area contributed by atoms with Crippen LogP contribution in [0.3, 0.4) is 0 Å². The van der Waals surface area contributed by atoms with E-state index in [0.717, 1.165) is 0 Å². The van der Waals surface area contributed by atoms with Crippen molar-refractivity contribution < 1.29 is 28.9 Å². The van der Waals surface area contributed by atoms with Crippen molar-refractivity contribution in [3.8, 4) is 0 Å². The average Bonchev–Trinajstić information content (AvgIpc) is 2.68. The number of rotatable bonds is 12. The fraction of sp³-hybridized carbons (Fsp3) is 0.625. The van der Waals surface area contributed by atoms with Crippen LogP contribution in [0, 0.1) is 0 Å². The fourth-order valence-electron chi connectivity index (χ4n) is 1.90. The number of hydroxylamine groups is 1. The minimum atomic E-state index is -1.57. The van der Waals surface area contributed by atoms with E-state index in [1.54, 1.807) is 32.1 Å². The molecule has 0 aliphatic heterocycles. The molecule has 28 heavy (non-hydrogen) atoms. The molecule has 0 fully saturated rings. The monoisotopic (exact) mass is 400 g/mol. The summed E-state index contributed by atoms with van der Waals surface area (Å²) >= 11 is 0. The molecule has 0 atom stereocenters. The van der Waals surface area contributed by atoms with Crippen LogP contribution in [-0.4, -0.2) is 81.2 Å². The van der Waals surface area contributed by atoms with Crippen LogP contribution in [0.4, 0.5) is 17.8 Å². The third-order valence-corrected chi connectivity index (χ3v) is 3.56. The van der Waals surface area contributed by atoms with E-state index in [4.69, 9.17) is 24.2 Å². The molecule has 1 heterocycles. The molecule has 0 bridgehead atoms. The van der Waals surface area contributed by atoms with E-state index in [9.17, 15) is 4.79 Å². The van der Waals surface area contributed by atoms with Gasteiger partial charge in [0.25, 0.3) is 5.95 Å². The predicted octanol–water partition coefficient (Wildman–Crippen LogP) is 0.689. The van der Waals surface area contributed by atoms with Gasteiger partial charge in [-0.3, -0.25) is 10.2 Å². The number of hydrogen-bond acceptors (Lipinski definition) is 11. The lowest BCUT2D eigenvalue weighted by Gasteiger charge is -2.29. The van der Waals surface area contributed by atoms with Crippen molar-refractivity contribution in [2.45, 2.75) is 19.4 Å². The van der Waals surface area contributed by atoms with Crippen LogP contribution in [0.5, 0.6) is 0 Å². The standard InChI is InChI=1S/C16H28N6O6/c1-11(12(23)24)9-8-10-28-22(4)15-18-13(17-14(19-15)21(2)3)20-16(25-5,26-6)27-7/h9H,8,10H2,1-7H3,(H,23,24)(H,17,18,19,20). The van der Waals surface area contributed by atoms with Gasteiger partial charge in [-0.15, -0.1) is 0 Å². The minimum Gasteiger partial charge on any atom is -0.478 e. The summed E-state index contributed by atoms with van der Waals surface area (Å²) in [6.07, 6.45) is 0.423. The van der Waals surface area contributed by atoms with Crippen LogP contribution in [-0.2, 0) is 23.8 Å². The largest absolute Gasteiger partial charge is 0.478 e. The molecule has 0 aliphatic carbocycles. The molecule has 0 saturated heterocycles. The highest BCUT2D eigenvalue weighted by molar-refractivity contribution is 5.85. The van der Waals surface area contributed by atoms with Crippen molar-refractivity contribution in [2.75, 3.05) is 64.4 Å².